The van der Waals surface area contributed by atoms with Crippen molar-refractivity contribution in [3.8, 4) is 0 Å². The third kappa shape index (κ3) is 6.60. The van der Waals surface area contributed by atoms with Gasteiger partial charge in [-0.05, 0) is 56.4 Å². The van der Waals surface area contributed by atoms with Gasteiger partial charge in [-0.3, -0.25) is 9.59 Å². The van der Waals surface area contributed by atoms with E-state index < -0.39 is 6.04 Å². The van der Waals surface area contributed by atoms with Crippen molar-refractivity contribution in [2.24, 2.45) is 0 Å². The second-order valence-electron chi connectivity index (χ2n) is 7.53. The summed E-state index contributed by atoms with van der Waals surface area (Å²) in [6, 6.07) is 15.0. The molecule has 0 aliphatic heterocycles. The predicted molar refractivity (Wildman–Crippen MR) is 119 cm³/mol. The molecular formula is C24H31ClN2O2. The summed E-state index contributed by atoms with van der Waals surface area (Å²) in [7, 11) is 0. The van der Waals surface area contributed by atoms with E-state index in [1.165, 1.54) is 0 Å². The molecule has 2 aromatic carbocycles. The van der Waals surface area contributed by atoms with Gasteiger partial charge in [-0.2, -0.15) is 0 Å². The Kier molecular flexibility index (Phi) is 8.71. The first-order chi connectivity index (χ1) is 13.8. The Morgan fingerprint density at radius 3 is 2.28 bits per heavy atom. The lowest BCUT2D eigenvalue weighted by Crippen LogP contribution is -2.49. The molecule has 4 nitrogen and oxygen atoms in total. The van der Waals surface area contributed by atoms with Gasteiger partial charge in [-0.15, -0.1) is 0 Å². The third-order valence-electron chi connectivity index (χ3n) is 5.34. The van der Waals surface area contributed by atoms with Crippen molar-refractivity contribution in [1.82, 2.24) is 10.2 Å². The van der Waals surface area contributed by atoms with E-state index in [0.717, 1.165) is 23.1 Å². The largest absolute Gasteiger partial charge is 0.352 e. The number of carbonyl (C=O) groups is 2. The highest BCUT2D eigenvalue weighted by atomic mass is 35.5. The van der Waals surface area contributed by atoms with Crippen LogP contribution in [0.3, 0.4) is 0 Å². The van der Waals surface area contributed by atoms with E-state index in [4.69, 9.17) is 11.6 Å². The van der Waals surface area contributed by atoms with Gasteiger partial charge in [-0.1, -0.05) is 61.0 Å². The number of nitrogens with one attached hydrogen (secondary N) is 1. The van der Waals surface area contributed by atoms with Crippen LogP contribution in [0.1, 0.15) is 50.3 Å². The molecule has 2 unspecified atom stereocenters. The molecule has 2 atom stereocenters. The highest BCUT2D eigenvalue weighted by molar-refractivity contribution is 6.31. The molecule has 2 rings (SSSR count). The molecule has 0 heterocycles. The fourth-order valence-electron chi connectivity index (χ4n) is 3.11. The minimum atomic E-state index is -0.553. The van der Waals surface area contributed by atoms with Crippen LogP contribution in [-0.4, -0.2) is 28.8 Å². The zero-order valence-corrected chi connectivity index (χ0v) is 18.5. The van der Waals surface area contributed by atoms with Crippen molar-refractivity contribution >= 4 is 23.4 Å². The number of aryl methyl sites for hydroxylation is 2. The lowest BCUT2D eigenvalue weighted by molar-refractivity contribution is -0.140. The first-order valence-electron chi connectivity index (χ1n) is 10.2. The quantitative estimate of drug-likeness (QED) is 0.633. The van der Waals surface area contributed by atoms with E-state index in [0.29, 0.717) is 24.4 Å². The SMILES string of the molecule is CCC(C)NC(=O)C(C)N(Cc1ccccc1C)C(=O)CCc1ccccc1Cl. The molecule has 0 fully saturated rings. The van der Waals surface area contributed by atoms with Gasteiger partial charge in [0.1, 0.15) is 6.04 Å². The minimum Gasteiger partial charge on any atom is -0.352 e. The number of hydrogen-bond donors (Lipinski definition) is 1. The Morgan fingerprint density at radius 1 is 1.03 bits per heavy atom. The number of hydrogen-bond acceptors (Lipinski definition) is 2. The van der Waals surface area contributed by atoms with Gasteiger partial charge in [0, 0.05) is 24.0 Å². The standard InChI is InChI=1S/C24H31ClN2O2/c1-5-18(3)26-24(29)19(4)27(16-21-12-7-6-10-17(21)2)23(28)15-14-20-11-8-9-13-22(20)25/h6-13,18-19H,5,14-16H2,1-4H3,(H,26,29). The number of halogens is 1. The molecule has 0 radical (unpaired) electrons. The molecule has 0 saturated heterocycles. The van der Waals surface area contributed by atoms with Gasteiger partial charge >= 0.3 is 0 Å². The summed E-state index contributed by atoms with van der Waals surface area (Å²) in [6.07, 6.45) is 1.69. The summed E-state index contributed by atoms with van der Waals surface area (Å²) >= 11 is 6.24. The molecule has 29 heavy (non-hydrogen) atoms. The van der Waals surface area contributed by atoms with Gasteiger partial charge in [0.05, 0.1) is 0 Å². The summed E-state index contributed by atoms with van der Waals surface area (Å²) in [5.74, 6) is -0.181. The maximum Gasteiger partial charge on any atom is 0.242 e. The molecular weight excluding hydrogens is 384 g/mol. The predicted octanol–water partition coefficient (Wildman–Crippen LogP) is 4.91. The number of nitrogens with zero attached hydrogens (tertiary/aromatic N) is 1. The van der Waals surface area contributed by atoms with Crippen LogP contribution in [0.4, 0.5) is 0 Å². The highest BCUT2D eigenvalue weighted by Crippen LogP contribution is 2.19. The normalized spacial score (nSPS) is 12.9. The number of carbonyl (C=O) groups excluding carboxylic acids is 2. The van der Waals surface area contributed by atoms with Crippen molar-refractivity contribution in [2.75, 3.05) is 0 Å². The van der Waals surface area contributed by atoms with Crippen molar-refractivity contribution in [3.05, 3.63) is 70.2 Å². The van der Waals surface area contributed by atoms with Crippen LogP contribution in [0.5, 0.6) is 0 Å². The Bertz CT molecular complexity index is 837. The molecule has 0 aliphatic carbocycles. The lowest BCUT2D eigenvalue weighted by atomic mass is 10.1. The molecule has 0 aliphatic rings. The van der Waals surface area contributed by atoms with Crippen molar-refractivity contribution < 1.29 is 9.59 Å². The first-order valence-corrected chi connectivity index (χ1v) is 10.6. The second kappa shape index (κ2) is 11.0. The average Bonchev–Trinajstić information content (AvgIpc) is 2.71. The van der Waals surface area contributed by atoms with Crippen LogP contribution in [0.15, 0.2) is 48.5 Å². The van der Waals surface area contributed by atoms with Gasteiger partial charge in [-0.25, -0.2) is 0 Å². The topological polar surface area (TPSA) is 49.4 Å². The molecule has 156 valence electrons. The van der Waals surface area contributed by atoms with Gasteiger partial charge in [0.15, 0.2) is 0 Å². The Morgan fingerprint density at radius 2 is 1.66 bits per heavy atom. The number of benzene rings is 2. The third-order valence-corrected chi connectivity index (χ3v) is 5.71. The summed E-state index contributed by atoms with van der Waals surface area (Å²) in [5.41, 5.74) is 3.09. The second-order valence-corrected chi connectivity index (χ2v) is 7.94. The summed E-state index contributed by atoms with van der Waals surface area (Å²) in [4.78, 5) is 27.6. The van der Waals surface area contributed by atoms with Gasteiger partial charge in [0.25, 0.3) is 0 Å². The lowest BCUT2D eigenvalue weighted by Gasteiger charge is -2.30. The smallest absolute Gasteiger partial charge is 0.242 e. The van der Waals surface area contributed by atoms with Crippen LogP contribution in [0.2, 0.25) is 5.02 Å². The zero-order valence-electron chi connectivity index (χ0n) is 17.7. The monoisotopic (exact) mass is 414 g/mol. The molecule has 0 spiro atoms. The average molecular weight is 415 g/mol. The van der Waals surface area contributed by atoms with Crippen LogP contribution in [-0.2, 0) is 22.6 Å². The molecule has 2 aromatic rings. The van der Waals surface area contributed by atoms with E-state index >= 15 is 0 Å². The number of rotatable bonds is 9. The minimum absolute atomic E-state index is 0.0556. The maximum absolute atomic E-state index is 13.1. The summed E-state index contributed by atoms with van der Waals surface area (Å²) in [5, 5.41) is 3.65. The molecule has 5 heteroatoms. The van der Waals surface area contributed by atoms with Crippen LogP contribution in [0, 0.1) is 6.92 Å². The van der Waals surface area contributed by atoms with Crippen molar-refractivity contribution in [2.45, 2.75) is 65.6 Å². The van der Waals surface area contributed by atoms with Crippen LogP contribution < -0.4 is 5.32 Å². The fraction of sp³-hybridized carbons (Fsp3) is 0.417. The molecule has 1 N–H and O–H groups in total. The van der Waals surface area contributed by atoms with E-state index in [9.17, 15) is 9.59 Å². The van der Waals surface area contributed by atoms with E-state index in [1.807, 2.05) is 69.3 Å². The van der Waals surface area contributed by atoms with E-state index in [1.54, 1.807) is 11.8 Å². The van der Waals surface area contributed by atoms with Crippen LogP contribution in [0.25, 0.3) is 0 Å². The number of amides is 2. The summed E-state index contributed by atoms with van der Waals surface area (Å²) in [6.45, 7) is 8.21. The van der Waals surface area contributed by atoms with Crippen LogP contribution >= 0.6 is 11.6 Å². The first kappa shape index (κ1) is 23.0. The summed E-state index contributed by atoms with van der Waals surface area (Å²) < 4.78 is 0. The van der Waals surface area contributed by atoms with Gasteiger partial charge in [0.2, 0.25) is 11.8 Å². The Labute approximate surface area is 179 Å². The van der Waals surface area contributed by atoms with Crippen molar-refractivity contribution in [3.63, 3.8) is 0 Å². The van der Waals surface area contributed by atoms with Crippen molar-refractivity contribution in [1.29, 1.82) is 0 Å². The Balaban J connectivity index is 2.18. The maximum atomic E-state index is 13.1. The Hall–Kier alpha value is -2.33. The molecule has 0 aromatic heterocycles. The highest BCUT2D eigenvalue weighted by Gasteiger charge is 2.27. The molecule has 0 saturated carbocycles. The fourth-order valence-corrected chi connectivity index (χ4v) is 3.34. The zero-order chi connectivity index (χ0) is 21.4. The molecule has 2 amide bonds. The van der Waals surface area contributed by atoms with E-state index in [-0.39, 0.29) is 17.9 Å². The molecule has 0 bridgehead atoms. The van der Waals surface area contributed by atoms with E-state index in [2.05, 4.69) is 5.32 Å². The van der Waals surface area contributed by atoms with Gasteiger partial charge < -0.3 is 10.2 Å².